The molecule has 0 atom stereocenters. The highest BCUT2D eigenvalue weighted by atomic mass is 32.2. The van der Waals surface area contributed by atoms with E-state index in [9.17, 15) is 8.42 Å². The van der Waals surface area contributed by atoms with Crippen molar-refractivity contribution in [2.24, 2.45) is 0 Å². The van der Waals surface area contributed by atoms with Gasteiger partial charge in [-0.2, -0.15) is 5.26 Å². The van der Waals surface area contributed by atoms with E-state index in [-0.39, 0.29) is 5.75 Å². The van der Waals surface area contributed by atoms with Crippen LogP contribution in [-0.2, 0) is 9.84 Å². The molecule has 1 N–H and O–H groups in total. The Bertz CT molecular complexity index is 241. The minimum atomic E-state index is -2.84. The molecule has 0 rings (SSSR count). The first-order chi connectivity index (χ1) is 5.56. The third-order valence-electron chi connectivity index (χ3n) is 1.29. The molecule has 0 aromatic heterocycles. The number of nitrogens with one attached hydrogen (secondary N) is 1. The zero-order valence-corrected chi connectivity index (χ0v) is 8.02. The topological polar surface area (TPSA) is 70.0 Å². The molecule has 0 aliphatic rings. The average molecular weight is 190 g/mol. The van der Waals surface area contributed by atoms with Gasteiger partial charge in [0, 0.05) is 19.2 Å². The first-order valence-electron chi connectivity index (χ1n) is 3.81. The van der Waals surface area contributed by atoms with Gasteiger partial charge in [0.1, 0.15) is 9.84 Å². The van der Waals surface area contributed by atoms with E-state index in [1.165, 1.54) is 6.26 Å². The van der Waals surface area contributed by atoms with Crippen LogP contribution in [0.15, 0.2) is 0 Å². The standard InChI is InChI=1S/C7H14N2O2S/c1-12(10,11)7-6-9-5-3-2-4-8/h9H,2-3,5-7H2,1H3. The van der Waals surface area contributed by atoms with Gasteiger partial charge in [-0.1, -0.05) is 0 Å². The minimum absolute atomic E-state index is 0.166. The monoisotopic (exact) mass is 190 g/mol. The van der Waals surface area contributed by atoms with Gasteiger partial charge in [0.15, 0.2) is 0 Å². The second kappa shape index (κ2) is 5.98. The molecule has 0 fully saturated rings. The summed E-state index contributed by atoms with van der Waals surface area (Å²) in [4.78, 5) is 0. The fourth-order valence-electron chi connectivity index (χ4n) is 0.675. The van der Waals surface area contributed by atoms with Gasteiger partial charge in [-0.15, -0.1) is 0 Å². The summed E-state index contributed by atoms with van der Waals surface area (Å²) >= 11 is 0. The van der Waals surface area contributed by atoms with Crippen LogP contribution in [-0.4, -0.2) is 33.5 Å². The highest BCUT2D eigenvalue weighted by Crippen LogP contribution is 1.83. The summed E-state index contributed by atoms with van der Waals surface area (Å²) in [5.74, 6) is 0.166. The van der Waals surface area contributed by atoms with Gasteiger partial charge < -0.3 is 5.32 Å². The van der Waals surface area contributed by atoms with Crippen molar-refractivity contribution in [2.45, 2.75) is 12.8 Å². The van der Waals surface area contributed by atoms with Gasteiger partial charge in [0.05, 0.1) is 11.8 Å². The Morgan fingerprint density at radius 1 is 1.42 bits per heavy atom. The maximum Gasteiger partial charge on any atom is 0.148 e. The van der Waals surface area contributed by atoms with Crippen LogP contribution in [0.2, 0.25) is 0 Å². The minimum Gasteiger partial charge on any atom is -0.316 e. The smallest absolute Gasteiger partial charge is 0.148 e. The van der Waals surface area contributed by atoms with E-state index in [1.807, 2.05) is 6.07 Å². The van der Waals surface area contributed by atoms with Crippen LogP contribution < -0.4 is 5.32 Å². The number of hydrogen-bond donors (Lipinski definition) is 1. The maximum absolute atomic E-state index is 10.6. The molecule has 5 heteroatoms. The number of nitriles is 1. The molecule has 0 aliphatic heterocycles. The molecule has 0 amide bonds. The molecular weight excluding hydrogens is 176 g/mol. The summed E-state index contributed by atoms with van der Waals surface area (Å²) in [6, 6.07) is 2.02. The predicted octanol–water partition coefficient (Wildman–Crippen LogP) is -0.0756. The molecule has 0 radical (unpaired) electrons. The lowest BCUT2D eigenvalue weighted by atomic mass is 10.3. The van der Waals surface area contributed by atoms with Gasteiger partial charge >= 0.3 is 0 Å². The van der Waals surface area contributed by atoms with Crippen LogP contribution in [0.25, 0.3) is 0 Å². The van der Waals surface area contributed by atoms with Gasteiger partial charge in [-0.05, 0) is 13.0 Å². The van der Waals surface area contributed by atoms with Gasteiger partial charge in [-0.25, -0.2) is 8.42 Å². The summed E-state index contributed by atoms with van der Waals surface area (Å²) in [7, 11) is -2.84. The second-order valence-electron chi connectivity index (χ2n) is 2.64. The lowest BCUT2D eigenvalue weighted by Crippen LogP contribution is -2.23. The highest BCUT2D eigenvalue weighted by molar-refractivity contribution is 7.90. The van der Waals surface area contributed by atoms with Crippen LogP contribution >= 0.6 is 0 Å². The number of nitrogens with zero attached hydrogens (tertiary/aromatic N) is 1. The van der Waals surface area contributed by atoms with Gasteiger partial charge in [0.25, 0.3) is 0 Å². The summed E-state index contributed by atoms with van der Waals surface area (Å²) in [6.45, 7) is 1.19. The Labute approximate surface area is 73.5 Å². The van der Waals surface area contributed by atoms with E-state index in [0.29, 0.717) is 19.5 Å². The molecule has 4 nitrogen and oxygen atoms in total. The summed E-state index contributed by atoms with van der Waals surface area (Å²) in [5, 5.41) is 11.1. The third-order valence-corrected chi connectivity index (χ3v) is 2.24. The molecule has 0 aromatic carbocycles. The van der Waals surface area contributed by atoms with Crippen LogP contribution in [0.4, 0.5) is 0 Å². The molecule has 0 saturated heterocycles. The molecule has 0 saturated carbocycles. The summed E-state index contributed by atoms with van der Waals surface area (Å²) in [6.07, 6.45) is 2.51. The first kappa shape index (κ1) is 11.4. The van der Waals surface area contributed by atoms with Crippen LogP contribution in [0.1, 0.15) is 12.8 Å². The lowest BCUT2D eigenvalue weighted by molar-refractivity contribution is 0.595. The largest absolute Gasteiger partial charge is 0.316 e. The van der Waals surface area contributed by atoms with E-state index >= 15 is 0 Å². The van der Waals surface area contributed by atoms with E-state index in [0.717, 1.165) is 6.42 Å². The molecular formula is C7H14N2O2S. The highest BCUT2D eigenvalue weighted by Gasteiger charge is 1.99. The Morgan fingerprint density at radius 2 is 2.08 bits per heavy atom. The molecule has 0 aromatic rings. The molecule has 70 valence electrons. The van der Waals surface area contributed by atoms with Crippen molar-refractivity contribution >= 4 is 9.84 Å². The SMILES string of the molecule is CS(=O)(=O)CCNCCCC#N. The van der Waals surface area contributed by atoms with E-state index in [2.05, 4.69) is 5.32 Å². The number of unbranched alkanes of at least 4 members (excludes halogenated alkanes) is 1. The zero-order chi connectivity index (χ0) is 9.45. The molecule has 0 aliphatic carbocycles. The molecule has 0 unspecified atom stereocenters. The first-order valence-corrected chi connectivity index (χ1v) is 5.88. The van der Waals surface area contributed by atoms with Crippen LogP contribution in [0.5, 0.6) is 0 Å². The van der Waals surface area contributed by atoms with Crippen molar-refractivity contribution in [2.75, 3.05) is 25.1 Å². The van der Waals surface area contributed by atoms with E-state index in [1.54, 1.807) is 0 Å². The quantitative estimate of drug-likeness (QED) is 0.595. The predicted molar refractivity (Wildman–Crippen MR) is 47.4 cm³/mol. The van der Waals surface area contributed by atoms with Crippen molar-refractivity contribution in [3.05, 3.63) is 0 Å². The molecule has 0 spiro atoms. The normalized spacial score (nSPS) is 11.0. The summed E-state index contributed by atoms with van der Waals surface area (Å²) < 4.78 is 21.3. The number of hydrogen-bond acceptors (Lipinski definition) is 4. The lowest BCUT2D eigenvalue weighted by Gasteiger charge is -2.00. The molecule has 0 heterocycles. The van der Waals surface area contributed by atoms with E-state index < -0.39 is 9.84 Å². The van der Waals surface area contributed by atoms with Crippen LogP contribution in [0.3, 0.4) is 0 Å². The Hall–Kier alpha value is -0.600. The molecule has 0 bridgehead atoms. The number of rotatable bonds is 6. The fraction of sp³-hybridized carbons (Fsp3) is 0.857. The fourth-order valence-corrected chi connectivity index (χ4v) is 1.19. The molecule has 12 heavy (non-hydrogen) atoms. The Balaban J connectivity index is 3.18. The van der Waals surface area contributed by atoms with Crippen LogP contribution in [0, 0.1) is 11.3 Å². The summed E-state index contributed by atoms with van der Waals surface area (Å²) in [5.41, 5.74) is 0. The van der Waals surface area contributed by atoms with Gasteiger partial charge in [-0.3, -0.25) is 0 Å². The van der Waals surface area contributed by atoms with Crippen molar-refractivity contribution < 1.29 is 8.42 Å². The van der Waals surface area contributed by atoms with E-state index in [4.69, 9.17) is 5.26 Å². The van der Waals surface area contributed by atoms with Crippen molar-refractivity contribution in [1.82, 2.24) is 5.32 Å². The second-order valence-corrected chi connectivity index (χ2v) is 4.90. The number of sulfone groups is 1. The van der Waals surface area contributed by atoms with Crippen molar-refractivity contribution in [3.8, 4) is 6.07 Å². The Kier molecular flexibility index (Phi) is 5.68. The average Bonchev–Trinajstić information content (AvgIpc) is 1.94. The zero-order valence-electron chi connectivity index (χ0n) is 7.21. The van der Waals surface area contributed by atoms with Crippen molar-refractivity contribution in [3.63, 3.8) is 0 Å². The third kappa shape index (κ3) is 9.40. The van der Waals surface area contributed by atoms with Crippen molar-refractivity contribution in [1.29, 1.82) is 5.26 Å². The van der Waals surface area contributed by atoms with Gasteiger partial charge in [0.2, 0.25) is 0 Å². The maximum atomic E-state index is 10.6. The Morgan fingerprint density at radius 3 is 2.58 bits per heavy atom.